The Kier molecular flexibility index (Phi) is 4.19. The number of carbonyl (C=O) groups is 1. The van der Waals surface area contributed by atoms with Gasteiger partial charge < -0.3 is 0 Å². The second-order valence-electron chi connectivity index (χ2n) is 5.80. The molecule has 0 N–H and O–H groups in total. The van der Waals surface area contributed by atoms with Crippen molar-refractivity contribution in [3.63, 3.8) is 0 Å². The molecule has 2 aromatic carbocycles. The summed E-state index contributed by atoms with van der Waals surface area (Å²) in [5, 5.41) is 0.812. The predicted molar refractivity (Wildman–Crippen MR) is 98.0 cm³/mol. The summed E-state index contributed by atoms with van der Waals surface area (Å²) in [6.45, 7) is 1.42. The minimum Gasteiger partial charge on any atom is -0.272 e. The standard InChI is InChI=1S/C19H17N3OS/c23-18-17(11-15-7-3-1-4-8-15)20-19-22(18)13-21(14-24-19)12-16-9-5-2-6-10-16/h1-11H,12-14H2/b17-11-. The van der Waals surface area contributed by atoms with Crippen LogP contribution in [-0.2, 0) is 11.3 Å². The Bertz CT molecular complexity index is 802. The zero-order valence-electron chi connectivity index (χ0n) is 13.1. The molecule has 2 aromatic rings. The van der Waals surface area contributed by atoms with Crippen molar-refractivity contribution in [2.45, 2.75) is 6.54 Å². The van der Waals surface area contributed by atoms with E-state index in [1.807, 2.05) is 54.6 Å². The van der Waals surface area contributed by atoms with Crippen molar-refractivity contribution in [3.8, 4) is 0 Å². The van der Waals surface area contributed by atoms with Gasteiger partial charge >= 0.3 is 0 Å². The second kappa shape index (κ2) is 6.63. The van der Waals surface area contributed by atoms with Gasteiger partial charge in [0.15, 0.2) is 5.17 Å². The number of carbonyl (C=O) groups excluding carboxylic acids is 1. The van der Waals surface area contributed by atoms with E-state index in [0.717, 1.165) is 23.2 Å². The van der Waals surface area contributed by atoms with Crippen LogP contribution in [0.3, 0.4) is 0 Å². The van der Waals surface area contributed by atoms with Crippen LogP contribution >= 0.6 is 11.8 Å². The van der Waals surface area contributed by atoms with Gasteiger partial charge in [-0.05, 0) is 17.2 Å². The van der Waals surface area contributed by atoms with Gasteiger partial charge in [-0.15, -0.1) is 0 Å². The zero-order chi connectivity index (χ0) is 16.4. The summed E-state index contributed by atoms with van der Waals surface area (Å²) in [6.07, 6.45) is 1.86. The first-order valence-electron chi connectivity index (χ1n) is 7.86. The van der Waals surface area contributed by atoms with Crippen LogP contribution in [0.15, 0.2) is 71.4 Å². The van der Waals surface area contributed by atoms with Crippen LogP contribution in [0.4, 0.5) is 0 Å². The van der Waals surface area contributed by atoms with E-state index in [0.29, 0.717) is 12.4 Å². The topological polar surface area (TPSA) is 35.9 Å². The number of hydrogen-bond acceptors (Lipinski definition) is 4. The largest absolute Gasteiger partial charge is 0.279 e. The molecule has 2 aliphatic heterocycles. The monoisotopic (exact) mass is 335 g/mol. The molecule has 4 rings (SSSR count). The van der Waals surface area contributed by atoms with E-state index < -0.39 is 0 Å². The van der Waals surface area contributed by atoms with Crippen molar-refractivity contribution in [2.24, 2.45) is 4.99 Å². The molecule has 0 aliphatic carbocycles. The molecule has 2 aliphatic rings. The molecule has 0 aromatic heterocycles. The molecule has 1 saturated heterocycles. The van der Waals surface area contributed by atoms with E-state index in [1.54, 1.807) is 16.7 Å². The fourth-order valence-corrected chi connectivity index (χ4v) is 3.73. The number of aliphatic imine (C=N–C) groups is 1. The zero-order valence-corrected chi connectivity index (χ0v) is 13.9. The number of rotatable bonds is 3. The fourth-order valence-electron chi connectivity index (χ4n) is 2.80. The number of hydrogen-bond donors (Lipinski definition) is 0. The van der Waals surface area contributed by atoms with Crippen LogP contribution in [0.1, 0.15) is 11.1 Å². The summed E-state index contributed by atoms with van der Waals surface area (Å²) in [7, 11) is 0. The third-order valence-electron chi connectivity index (χ3n) is 3.98. The molecule has 1 fully saturated rings. The Balaban J connectivity index is 1.49. The molecule has 1 amide bonds. The van der Waals surface area contributed by atoms with Gasteiger partial charge in [-0.2, -0.15) is 0 Å². The van der Waals surface area contributed by atoms with Gasteiger partial charge in [0, 0.05) is 6.54 Å². The van der Waals surface area contributed by atoms with Crippen LogP contribution in [0.2, 0.25) is 0 Å². The quantitative estimate of drug-likeness (QED) is 0.807. The van der Waals surface area contributed by atoms with E-state index in [2.05, 4.69) is 22.0 Å². The van der Waals surface area contributed by atoms with Crippen LogP contribution in [0, 0.1) is 0 Å². The molecular formula is C19H17N3OS. The maximum Gasteiger partial charge on any atom is 0.279 e. The van der Waals surface area contributed by atoms with Crippen molar-refractivity contribution in [1.29, 1.82) is 0 Å². The van der Waals surface area contributed by atoms with E-state index >= 15 is 0 Å². The normalized spacial score (nSPS) is 19.5. The molecule has 4 nitrogen and oxygen atoms in total. The van der Waals surface area contributed by atoms with E-state index in [1.165, 1.54) is 5.56 Å². The lowest BCUT2D eigenvalue weighted by atomic mass is 10.2. The predicted octanol–water partition coefficient (Wildman–Crippen LogP) is 3.39. The van der Waals surface area contributed by atoms with Crippen molar-refractivity contribution in [3.05, 3.63) is 77.5 Å². The Labute approximate surface area is 145 Å². The molecule has 0 bridgehead atoms. The maximum absolute atomic E-state index is 12.6. The highest BCUT2D eigenvalue weighted by Crippen LogP contribution is 2.28. The van der Waals surface area contributed by atoms with Gasteiger partial charge in [0.1, 0.15) is 5.70 Å². The second-order valence-corrected chi connectivity index (χ2v) is 6.71. The summed E-state index contributed by atoms with van der Waals surface area (Å²) in [5.41, 5.74) is 2.77. The van der Waals surface area contributed by atoms with E-state index in [-0.39, 0.29) is 5.91 Å². The van der Waals surface area contributed by atoms with Crippen molar-refractivity contribution >= 4 is 28.9 Å². The third-order valence-corrected chi connectivity index (χ3v) is 5.04. The Morgan fingerprint density at radius 2 is 1.75 bits per heavy atom. The molecule has 0 saturated carbocycles. The highest BCUT2D eigenvalue weighted by atomic mass is 32.2. The van der Waals surface area contributed by atoms with Crippen LogP contribution in [0.5, 0.6) is 0 Å². The van der Waals surface area contributed by atoms with Gasteiger partial charge in [-0.3, -0.25) is 14.6 Å². The van der Waals surface area contributed by atoms with Crippen LogP contribution in [0.25, 0.3) is 6.08 Å². The smallest absolute Gasteiger partial charge is 0.272 e. The van der Waals surface area contributed by atoms with Gasteiger partial charge in [-0.25, -0.2) is 4.99 Å². The first kappa shape index (κ1) is 15.2. The highest BCUT2D eigenvalue weighted by molar-refractivity contribution is 8.13. The number of benzene rings is 2. The lowest BCUT2D eigenvalue weighted by Crippen LogP contribution is -2.45. The van der Waals surface area contributed by atoms with Crippen molar-refractivity contribution in [2.75, 3.05) is 12.5 Å². The summed E-state index contributed by atoms with van der Waals surface area (Å²) >= 11 is 1.62. The molecule has 24 heavy (non-hydrogen) atoms. The summed E-state index contributed by atoms with van der Waals surface area (Å²) in [5.74, 6) is 0.829. The lowest BCUT2D eigenvalue weighted by Gasteiger charge is -2.32. The van der Waals surface area contributed by atoms with E-state index in [4.69, 9.17) is 0 Å². The number of amidine groups is 1. The number of thioether (sulfide) groups is 1. The molecule has 0 atom stereocenters. The Morgan fingerprint density at radius 1 is 1.04 bits per heavy atom. The number of nitrogens with zero attached hydrogens (tertiary/aromatic N) is 3. The lowest BCUT2D eigenvalue weighted by molar-refractivity contribution is -0.124. The summed E-state index contributed by atoms with van der Waals surface area (Å²) in [4.78, 5) is 21.2. The SMILES string of the molecule is O=C1/C(=C/c2ccccc2)N=C2SCN(Cc3ccccc3)CN12. The number of fused-ring (bicyclic) bond motifs is 1. The Hall–Kier alpha value is -2.37. The Morgan fingerprint density at radius 3 is 2.50 bits per heavy atom. The third kappa shape index (κ3) is 3.13. The highest BCUT2D eigenvalue weighted by Gasteiger charge is 2.35. The van der Waals surface area contributed by atoms with Gasteiger partial charge in [-0.1, -0.05) is 72.4 Å². The summed E-state index contributed by atoms with van der Waals surface area (Å²) < 4.78 is 0. The van der Waals surface area contributed by atoms with Crippen molar-refractivity contribution < 1.29 is 4.79 Å². The maximum atomic E-state index is 12.6. The van der Waals surface area contributed by atoms with Crippen LogP contribution < -0.4 is 0 Å². The molecular weight excluding hydrogens is 318 g/mol. The van der Waals surface area contributed by atoms with Gasteiger partial charge in [0.25, 0.3) is 5.91 Å². The first-order valence-corrected chi connectivity index (χ1v) is 8.84. The van der Waals surface area contributed by atoms with Crippen LogP contribution in [-0.4, -0.2) is 33.4 Å². The fraction of sp³-hybridized carbons (Fsp3) is 0.158. The molecule has 0 radical (unpaired) electrons. The minimum absolute atomic E-state index is 0.0147. The first-order chi connectivity index (χ1) is 11.8. The summed E-state index contributed by atoms with van der Waals surface area (Å²) in [6, 6.07) is 20.2. The average Bonchev–Trinajstić information content (AvgIpc) is 2.93. The van der Waals surface area contributed by atoms with Crippen molar-refractivity contribution in [1.82, 2.24) is 9.80 Å². The molecule has 0 unspecified atom stereocenters. The van der Waals surface area contributed by atoms with E-state index in [9.17, 15) is 4.79 Å². The average molecular weight is 335 g/mol. The minimum atomic E-state index is -0.0147. The molecule has 5 heteroatoms. The molecule has 120 valence electrons. The number of amides is 1. The van der Waals surface area contributed by atoms with Gasteiger partial charge in [0.05, 0.1) is 12.5 Å². The van der Waals surface area contributed by atoms with Gasteiger partial charge in [0.2, 0.25) is 0 Å². The molecule has 2 heterocycles. The molecule has 0 spiro atoms.